The Balaban J connectivity index is 2.54. The number of benzene rings is 1. The topological polar surface area (TPSA) is 107 Å². The molecule has 1 aromatic carbocycles. The maximum Gasteiger partial charge on any atom is 0.270 e. The Morgan fingerprint density at radius 3 is 2.65 bits per heavy atom. The SMILES string of the molecule is CC1CCCCN1c1ccc([N+](=O)[O-])cc1S(N)(=O)=O. The molecule has 7 nitrogen and oxygen atoms in total. The molecule has 0 amide bonds. The molecule has 0 aromatic heterocycles. The van der Waals surface area contributed by atoms with Crippen LogP contribution in [0, 0.1) is 10.1 Å². The quantitative estimate of drug-likeness (QED) is 0.674. The second-order valence-electron chi connectivity index (χ2n) is 4.99. The van der Waals surface area contributed by atoms with Crippen LogP contribution >= 0.6 is 0 Å². The summed E-state index contributed by atoms with van der Waals surface area (Å²) < 4.78 is 23.4. The van der Waals surface area contributed by atoms with Crippen molar-refractivity contribution in [2.45, 2.75) is 37.1 Å². The molecule has 0 saturated carbocycles. The fraction of sp³-hybridized carbons (Fsp3) is 0.500. The van der Waals surface area contributed by atoms with Crippen molar-refractivity contribution >= 4 is 21.4 Å². The molecule has 0 radical (unpaired) electrons. The number of hydrogen-bond donors (Lipinski definition) is 1. The molecule has 1 heterocycles. The Morgan fingerprint density at radius 1 is 1.40 bits per heavy atom. The van der Waals surface area contributed by atoms with Crippen molar-refractivity contribution in [2.24, 2.45) is 5.14 Å². The van der Waals surface area contributed by atoms with Crippen LogP contribution < -0.4 is 10.0 Å². The predicted octanol–water partition coefficient (Wildman–Crippen LogP) is 1.62. The first-order chi connectivity index (χ1) is 9.30. The van der Waals surface area contributed by atoms with Crippen LogP contribution in [0.3, 0.4) is 0 Å². The molecule has 1 atom stereocenters. The van der Waals surface area contributed by atoms with E-state index in [9.17, 15) is 18.5 Å². The van der Waals surface area contributed by atoms with Crippen molar-refractivity contribution in [1.29, 1.82) is 0 Å². The van der Waals surface area contributed by atoms with Crippen molar-refractivity contribution in [1.82, 2.24) is 0 Å². The highest BCUT2D eigenvalue weighted by molar-refractivity contribution is 7.89. The van der Waals surface area contributed by atoms with Gasteiger partial charge in [-0.25, -0.2) is 13.6 Å². The minimum absolute atomic E-state index is 0.180. The monoisotopic (exact) mass is 299 g/mol. The highest BCUT2D eigenvalue weighted by Crippen LogP contribution is 2.32. The number of hydrogen-bond acceptors (Lipinski definition) is 5. The van der Waals surface area contributed by atoms with E-state index in [1.807, 2.05) is 11.8 Å². The van der Waals surface area contributed by atoms with E-state index in [1.165, 1.54) is 12.1 Å². The summed E-state index contributed by atoms with van der Waals surface area (Å²) in [4.78, 5) is 11.9. The molecule has 0 bridgehead atoms. The van der Waals surface area contributed by atoms with Gasteiger partial charge in [0.2, 0.25) is 10.0 Å². The van der Waals surface area contributed by atoms with Crippen molar-refractivity contribution in [3.8, 4) is 0 Å². The summed E-state index contributed by atoms with van der Waals surface area (Å²) >= 11 is 0. The molecular weight excluding hydrogens is 282 g/mol. The van der Waals surface area contributed by atoms with E-state index in [4.69, 9.17) is 5.14 Å². The smallest absolute Gasteiger partial charge is 0.270 e. The molecule has 0 spiro atoms. The van der Waals surface area contributed by atoms with Crippen molar-refractivity contribution < 1.29 is 13.3 Å². The minimum Gasteiger partial charge on any atom is -0.368 e. The minimum atomic E-state index is -4.01. The molecule has 0 aliphatic carbocycles. The van der Waals surface area contributed by atoms with Crippen LogP contribution in [0.15, 0.2) is 23.1 Å². The summed E-state index contributed by atoms with van der Waals surface area (Å²) in [5, 5.41) is 16.0. The third-order valence-corrected chi connectivity index (χ3v) is 4.51. The van der Waals surface area contributed by atoms with Gasteiger partial charge in [0.05, 0.1) is 10.6 Å². The summed E-state index contributed by atoms with van der Waals surface area (Å²) in [5.41, 5.74) is 0.174. The number of nitro benzene ring substituents is 1. The lowest BCUT2D eigenvalue weighted by molar-refractivity contribution is -0.385. The summed E-state index contributed by atoms with van der Waals surface area (Å²) in [7, 11) is -4.01. The Kier molecular flexibility index (Phi) is 3.96. The van der Waals surface area contributed by atoms with Crippen LogP contribution in [0.2, 0.25) is 0 Å². The Hall–Kier alpha value is -1.67. The third-order valence-electron chi connectivity index (χ3n) is 3.57. The first-order valence-electron chi connectivity index (χ1n) is 6.38. The van der Waals surface area contributed by atoms with Crippen LogP contribution in [0.25, 0.3) is 0 Å². The maximum absolute atomic E-state index is 11.7. The number of anilines is 1. The third kappa shape index (κ3) is 2.91. The first-order valence-corrected chi connectivity index (χ1v) is 7.93. The lowest BCUT2D eigenvalue weighted by atomic mass is 10.0. The number of nitro groups is 1. The number of nitrogens with zero attached hydrogens (tertiary/aromatic N) is 2. The van der Waals surface area contributed by atoms with E-state index >= 15 is 0 Å². The van der Waals surface area contributed by atoms with Gasteiger partial charge < -0.3 is 4.90 Å². The number of sulfonamides is 1. The Bertz CT molecular complexity index is 630. The molecule has 1 saturated heterocycles. The summed E-state index contributed by atoms with van der Waals surface area (Å²) in [5.74, 6) is 0. The van der Waals surface area contributed by atoms with Crippen molar-refractivity contribution in [3.63, 3.8) is 0 Å². The number of non-ortho nitro benzene ring substituents is 1. The van der Waals surface area contributed by atoms with Gasteiger partial charge in [-0.3, -0.25) is 10.1 Å². The fourth-order valence-electron chi connectivity index (χ4n) is 2.54. The average Bonchev–Trinajstić information content (AvgIpc) is 2.37. The summed E-state index contributed by atoms with van der Waals surface area (Å²) in [6, 6.07) is 4.00. The van der Waals surface area contributed by atoms with Crippen molar-refractivity contribution in [2.75, 3.05) is 11.4 Å². The van der Waals surface area contributed by atoms with E-state index in [0.717, 1.165) is 31.9 Å². The second kappa shape index (κ2) is 5.37. The normalized spacial score (nSPS) is 19.9. The molecular formula is C12H17N3O4S. The van der Waals surface area contributed by atoms with Crippen LogP contribution in [0.1, 0.15) is 26.2 Å². The molecule has 2 rings (SSSR count). The maximum atomic E-state index is 11.7. The van der Waals surface area contributed by atoms with Gasteiger partial charge in [0.1, 0.15) is 4.90 Å². The van der Waals surface area contributed by atoms with E-state index in [2.05, 4.69) is 0 Å². The molecule has 1 aromatic rings. The zero-order valence-electron chi connectivity index (χ0n) is 11.2. The molecule has 1 aliphatic heterocycles. The van der Waals surface area contributed by atoms with E-state index in [1.54, 1.807) is 0 Å². The van der Waals surface area contributed by atoms with E-state index in [-0.39, 0.29) is 16.6 Å². The molecule has 1 fully saturated rings. The van der Waals surface area contributed by atoms with Crippen LogP contribution in [0.5, 0.6) is 0 Å². The standard InChI is InChI=1S/C12H17N3O4S/c1-9-4-2-3-7-14(9)11-6-5-10(15(16)17)8-12(11)20(13,18)19/h5-6,8-9H,2-4,7H2,1H3,(H2,13,18,19). The molecule has 8 heteroatoms. The summed E-state index contributed by atoms with van der Waals surface area (Å²) in [6.07, 6.45) is 3.02. The first kappa shape index (κ1) is 14.7. The summed E-state index contributed by atoms with van der Waals surface area (Å²) in [6.45, 7) is 2.73. The van der Waals surface area contributed by atoms with Crippen LogP contribution in [0.4, 0.5) is 11.4 Å². The number of piperidine rings is 1. The lowest BCUT2D eigenvalue weighted by Gasteiger charge is -2.36. The predicted molar refractivity (Wildman–Crippen MR) is 75.1 cm³/mol. The Labute approximate surface area is 117 Å². The van der Waals surface area contributed by atoms with E-state index < -0.39 is 14.9 Å². The van der Waals surface area contributed by atoms with Gasteiger partial charge in [0, 0.05) is 24.7 Å². The van der Waals surface area contributed by atoms with Gasteiger partial charge in [-0.1, -0.05) is 0 Å². The molecule has 20 heavy (non-hydrogen) atoms. The van der Waals surface area contributed by atoms with Crippen LogP contribution in [-0.2, 0) is 10.0 Å². The highest BCUT2D eigenvalue weighted by atomic mass is 32.2. The van der Waals surface area contributed by atoms with Gasteiger partial charge in [0.15, 0.2) is 0 Å². The van der Waals surface area contributed by atoms with Gasteiger partial charge >= 0.3 is 0 Å². The fourth-order valence-corrected chi connectivity index (χ4v) is 3.30. The molecule has 2 N–H and O–H groups in total. The number of primary sulfonamides is 1. The van der Waals surface area contributed by atoms with Gasteiger partial charge in [-0.15, -0.1) is 0 Å². The molecule has 110 valence electrons. The Morgan fingerprint density at radius 2 is 2.10 bits per heavy atom. The van der Waals surface area contributed by atoms with Gasteiger partial charge in [-0.05, 0) is 32.3 Å². The number of nitrogens with two attached hydrogens (primary N) is 1. The second-order valence-corrected chi connectivity index (χ2v) is 6.52. The zero-order chi connectivity index (χ0) is 14.9. The molecule has 1 unspecified atom stereocenters. The van der Waals surface area contributed by atoms with E-state index in [0.29, 0.717) is 5.69 Å². The largest absolute Gasteiger partial charge is 0.368 e. The van der Waals surface area contributed by atoms with Crippen molar-refractivity contribution in [3.05, 3.63) is 28.3 Å². The van der Waals surface area contributed by atoms with Gasteiger partial charge in [0.25, 0.3) is 5.69 Å². The molecule has 1 aliphatic rings. The van der Waals surface area contributed by atoms with Crippen LogP contribution in [-0.4, -0.2) is 25.9 Å². The lowest BCUT2D eigenvalue weighted by Crippen LogP contribution is -2.38. The van der Waals surface area contributed by atoms with Gasteiger partial charge in [-0.2, -0.15) is 0 Å². The zero-order valence-corrected chi connectivity index (χ0v) is 12.0. The number of rotatable bonds is 3. The average molecular weight is 299 g/mol. The highest BCUT2D eigenvalue weighted by Gasteiger charge is 2.26.